The molecule has 1 aromatic rings. The van der Waals surface area contributed by atoms with Crippen LogP contribution in [0.5, 0.6) is 0 Å². The van der Waals surface area contributed by atoms with E-state index >= 15 is 0 Å². The van der Waals surface area contributed by atoms with Crippen LogP contribution in [0.1, 0.15) is 15.9 Å². The van der Waals surface area contributed by atoms with E-state index in [4.69, 9.17) is 5.73 Å². The Hall–Kier alpha value is -2.39. The monoisotopic (exact) mass is 258 g/mol. The SMILES string of the molecule is NCC#Cc1cncc(C(=O)N2CCNC(=O)C2)c1. The van der Waals surface area contributed by atoms with E-state index < -0.39 is 0 Å². The van der Waals surface area contributed by atoms with Gasteiger partial charge in [0.1, 0.15) is 0 Å². The highest BCUT2D eigenvalue weighted by atomic mass is 16.2. The van der Waals surface area contributed by atoms with Crippen LogP contribution >= 0.6 is 0 Å². The van der Waals surface area contributed by atoms with Crippen LogP contribution in [0, 0.1) is 11.8 Å². The lowest BCUT2D eigenvalue weighted by Gasteiger charge is -2.26. The summed E-state index contributed by atoms with van der Waals surface area (Å²) in [4.78, 5) is 28.9. The molecule has 0 bridgehead atoms. The van der Waals surface area contributed by atoms with Crippen molar-refractivity contribution in [3.05, 3.63) is 29.6 Å². The molecule has 1 aliphatic rings. The first-order valence-corrected chi connectivity index (χ1v) is 5.90. The molecule has 98 valence electrons. The number of nitrogens with one attached hydrogen (secondary N) is 1. The fourth-order valence-corrected chi connectivity index (χ4v) is 1.77. The number of amides is 2. The third-order valence-corrected chi connectivity index (χ3v) is 2.65. The van der Waals surface area contributed by atoms with Crippen molar-refractivity contribution < 1.29 is 9.59 Å². The summed E-state index contributed by atoms with van der Waals surface area (Å²) >= 11 is 0. The van der Waals surface area contributed by atoms with E-state index in [1.165, 1.54) is 11.1 Å². The predicted octanol–water partition coefficient (Wildman–Crippen LogP) is -1.04. The van der Waals surface area contributed by atoms with Crippen LogP contribution in [0.25, 0.3) is 0 Å². The summed E-state index contributed by atoms with van der Waals surface area (Å²) in [6.07, 6.45) is 3.05. The Labute approximate surface area is 111 Å². The molecule has 0 aliphatic carbocycles. The van der Waals surface area contributed by atoms with Gasteiger partial charge >= 0.3 is 0 Å². The van der Waals surface area contributed by atoms with Gasteiger partial charge in [-0.15, -0.1) is 0 Å². The maximum Gasteiger partial charge on any atom is 0.255 e. The summed E-state index contributed by atoms with van der Waals surface area (Å²) in [7, 11) is 0. The highest BCUT2D eigenvalue weighted by molar-refractivity contribution is 5.97. The molecular weight excluding hydrogens is 244 g/mol. The van der Waals surface area contributed by atoms with E-state index in [0.29, 0.717) is 24.2 Å². The van der Waals surface area contributed by atoms with Crippen LogP contribution in [0.15, 0.2) is 18.5 Å². The highest BCUT2D eigenvalue weighted by Crippen LogP contribution is 2.07. The Morgan fingerprint density at radius 3 is 3.11 bits per heavy atom. The second kappa shape index (κ2) is 5.98. The van der Waals surface area contributed by atoms with Gasteiger partial charge in [-0.05, 0) is 6.07 Å². The number of rotatable bonds is 1. The molecule has 1 fully saturated rings. The van der Waals surface area contributed by atoms with E-state index in [2.05, 4.69) is 22.1 Å². The highest BCUT2D eigenvalue weighted by Gasteiger charge is 2.22. The molecule has 0 unspecified atom stereocenters. The maximum absolute atomic E-state index is 12.2. The summed E-state index contributed by atoms with van der Waals surface area (Å²) in [5, 5.41) is 2.67. The van der Waals surface area contributed by atoms with E-state index in [1.54, 1.807) is 12.3 Å². The van der Waals surface area contributed by atoms with Crippen LogP contribution in [0.4, 0.5) is 0 Å². The van der Waals surface area contributed by atoms with E-state index in [0.717, 1.165) is 0 Å². The first kappa shape index (κ1) is 13.1. The zero-order valence-corrected chi connectivity index (χ0v) is 10.3. The minimum Gasteiger partial charge on any atom is -0.353 e. The second-order valence-corrected chi connectivity index (χ2v) is 4.04. The quantitative estimate of drug-likeness (QED) is 0.630. The van der Waals surface area contributed by atoms with Crippen LogP contribution in [0.3, 0.4) is 0 Å². The molecule has 0 aromatic carbocycles. The zero-order valence-electron chi connectivity index (χ0n) is 10.3. The van der Waals surface area contributed by atoms with Crippen molar-refractivity contribution in [3.63, 3.8) is 0 Å². The number of piperazine rings is 1. The lowest BCUT2D eigenvalue weighted by atomic mass is 10.1. The molecule has 3 N–H and O–H groups in total. The van der Waals surface area contributed by atoms with Gasteiger partial charge in [0.15, 0.2) is 0 Å². The molecular formula is C13H14N4O2. The second-order valence-electron chi connectivity index (χ2n) is 4.04. The number of pyridine rings is 1. The number of nitrogens with zero attached hydrogens (tertiary/aromatic N) is 2. The summed E-state index contributed by atoms with van der Waals surface area (Å²) in [5.41, 5.74) is 6.36. The molecule has 1 saturated heterocycles. The Morgan fingerprint density at radius 1 is 1.53 bits per heavy atom. The number of hydrogen-bond donors (Lipinski definition) is 2. The summed E-state index contributed by atoms with van der Waals surface area (Å²) in [6, 6.07) is 1.66. The van der Waals surface area contributed by atoms with Gasteiger partial charge in [0.2, 0.25) is 5.91 Å². The fourth-order valence-electron chi connectivity index (χ4n) is 1.77. The molecule has 2 heterocycles. The maximum atomic E-state index is 12.2. The average molecular weight is 258 g/mol. The average Bonchev–Trinajstić information content (AvgIpc) is 2.44. The summed E-state index contributed by atoms with van der Waals surface area (Å²) in [5.74, 6) is 5.17. The Balaban J connectivity index is 2.16. The van der Waals surface area contributed by atoms with Crippen LogP contribution in [-0.2, 0) is 4.79 Å². The van der Waals surface area contributed by atoms with Crippen LogP contribution < -0.4 is 11.1 Å². The molecule has 1 aliphatic heterocycles. The third-order valence-electron chi connectivity index (χ3n) is 2.65. The Morgan fingerprint density at radius 2 is 2.37 bits per heavy atom. The van der Waals surface area contributed by atoms with Crippen molar-refractivity contribution >= 4 is 11.8 Å². The molecule has 1 aromatic heterocycles. The predicted molar refractivity (Wildman–Crippen MR) is 69.1 cm³/mol. The van der Waals surface area contributed by atoms with Gasteiger partial charge in [-0.1, -0.05) is 11.8 Å². The van der Waals surface area contributed by atoms with Crippen molar-refractivity contribution in [3.8, 4) is 11.8 Å². The summed E-state index contributed by atoms with van der Waals surface area (Å²) in [6.45, 7) is 1.32. The number of hydrogen-bond acceptors (Lipinski definition) is 4. The fraction of sp³-hybridized carbons (Fsp3) is 0.308. The largest absolute Gasteiger partial charge is 0.353 e. The first-order chi connectivity index (χ1) is 9.20. The van der Waals surface area contributed by atoms with Gasteiger partial charge in [-0.3, -0.25) is 14.6 Å². The van der Waals surface area contributed by atoms with Crippen LogP contribution in [0.2, 0.25) is 0 Å². The van der Waals surface area contributed by atoms with Gasteiger partial charge in [-0.2, -0.15) is 0 Å². The molecule has 0 radical (unpaired) electrons. The van der Waals surface area contributed by atoms with Crippen molar-refractivity contribution in [2.24, 2.45) is 5.73 Å². The van der Waals surface area contributed by atoms with Gasteiger partial charge in [0, 0.05) is 31.0 Å². The summed E-state index contributed by atoms with van der Waals surface area (Å²) < 4.78 is 0. The lowest BCUT2D eigenvalue weighted by Crippen LogP contribution is -2.50. The minimum atomic E-state index is -0.209. The number of nitrogens with two attached hydrogens (primary N) is 1. The normalized spacial score (nSPS) is 14.4. The molecule has 2 amide bonds. The lowest BCUT2D eigenvalue weighted by molar-refractivity contribution is -0.123. The van der Waals surface area contributed by atoms with Crippen molar-refractivity contribution in [1.82, 2.24) is 15.2 Å². The van der Waals surface area contributed by atoms with Crippen molar-refractivity contribution in [1.29, 1.82) is 0 Å². The molecule has 2 rings (SSSR count). The van der Waals surface area contributed by atoms with Crippen molar-refractivity contribution in [2.45, 2.75) is 0 Å². The zero-order chi connectivity index (χ0) is 13.7. The third kappa shape index (κ3) is 3.30. The van der Waals surface area contributed by atoms with Gasteiger partial charge in [0.25, 0.3) is 5.91 Å². The first-order valence-electron chi connectivity index (χ1n) is 5.90. The van der Waals surface area contributed by atoms with E-state index in [-0.39, 0.29) is 24.9 Å². The number of aromatic nitrogens is 1. The molecule has 6 nitrogen and oxygen atoms in total. The topological polar surface area (TPSA) is 88.3 Å². The van der Waals surface area contributed by atoms with E-state index in [9.17, 15) is 9.59 Å². The van der Waals surface area contributed by atoms with Gasteiger partial charge in [0.05, 0.1) is 18.7 Å². The van der Waals surface area contributed by atoms with Gasteiger partial charge < -0.3 is 16.0 Å². The Bertz CT molecular complexity index is 559. The number of carbonyl (C=O) groups is 2. The molecule has 0 atom stereocenters. The number of carbonyl (C=O) groups excluding carboxylic acids is 2. The van der Waals surface area contributed by atoms with Crippen LogP contribution in [-0.4, -0.2) is 47.9 Å². The molecule has 0 spiro atoms. The van der Waals surface area contributed by atoms with Crippen molar-refractivity contribution in [2.75, 3.05) is 26.2 Å². The molecule has 0 saturated carbocycles. The smallest absolute Gasteiger partial charge is 0.255 e. The van der Waals surface area contributed by atoms with Gasteiger partial charge in [-0.25, -0.2) is 0 Å². The molecule has 6 heteroatoms. The van der Waals surface area contributed by atoms with E-state index in [1.807, 2.05) is 0 Å². The Kier molecular flexibility index (Phi) is 4.11. The standard InChI is InChI=1S/C13H14N4O2/c14-3-1-2-10-6-11(8-15-7-10)13(19)17-5-4-16-12(18)9-17/h6-8H,3-5,9,14H2,(H,16,18). The minimum absolute atomic E-state index is 0.0809. The molecule has 19 heavy (non-hydrogen) atoms.